The Morgan fingerprint density at radius 2 is 1.32 bits per heavy atom. The van der Waals surface area contributed by atoms with Crippen molar-refractivity contribution < 1.29 is 19.0 Å². The fraction of sp³-hybridized carbons (Fsp3) is 0.649. The standard InChI is InChI=1S/C37H52O4/c1-9-26-11-15-30(24(5)22(26)3)36(38)41-29-14-17-32-31-16-13-28(19-33(31)37(7,8)34(32)20-29)39-21-40-35-18-12-27(10-2)23(4)25(35)6/h13-14,16-17,19-20,22-27,30,35H,9-12,15,18,21H2,1-8H3. The average Bonchev–Trinajstić information content (AvgIpc) is 3.18. The summed E-state index contributed by atoms with van der Waals surface area (Å²) in [4.78, 5) is 13.3. The van der Waals surface area contributed by atoms with E-state index in [0.29, 0.717) is 35.3 Å². The Kier molecular flexibility index (Phi) is 8.90. The van der Waals surface area contributed by atoms with Crippen LogP contribution in [0.1, 0.15) is 105 Å². The number of rotatable bonds is 8. The molecule has 4 heteroatoms. The number of hydrogen-bond acceptors (Lipinski definition) is 4. The molecule has 0 aromatic heterocycles. The van der Waals surface area contributed by atoms with Gasteiger partial charge in [0.1, 0.15) is 11.5 Å². The summed E-state index contributed by atoms with van der Waals surface area (Å²) < 4.78 is 18.4. The molecule has 2 saturated carbocycles. The van der Waals surface area contributed by atoms with Crippen molar-refractivity contribution in [1.82, 2.24) is 0 Å². The highest BCUT2D eigenvalue weighted by atomic mass is 16.7. The molecule has 41 heavy (non-hydrogen) atoms. The predicted octanol–water partition coefficient (Wildman–Crippen LogP) is 9.42. The lowest BCUT2D eigenvalue weighted by Crippen LogP contribution is -2.37. The van der Waals surface area contributed by atoms with Gasteiger partial charge >= 0.3 is 5.97 Å². The molecule has 0 spiro atoms. The van der Waals surface area contributed by atoms with Gasteiger partial charge < -0.3 is 14.2 Å². The largest absolute Gasteiger partial charge is 0.468 e. The van der Waals surface area contributed by atoms with Crippen LogP contribution >= 0.6 is 0 Å². The lowest BCUT2D eigenvalue weighted by atomic mass is 9.67. The summed E-state index contributed by atoms with van der Waals surface area (Å²) in [5, 5.41) is 0. The number of hydrogen-bond donors (Lipinski definition) is 0. The van der Waals surface area contributed by atoms with E-state index in [1.165, 1.54) is 41.5 Å². The van der Waals surface area contributed by atoms with E-state index in [0.717, 1.165) is 30.9 Å². The Balaban J connectivity index is 1.24. The molecule has 8 atom stereocenters. The van der Waals surface area contributed by atoms with Crippen LogP contribution in [0.15, 0.2) is 36.4 Å². The Hall–Kier alpha value is -2.33. The first-order valence-corrected chi connectivity index (χ1v) is 16.3. The zero-order valence-corrected chi connectivity index (χ0v) is 26.7. The molecular weight excluding hydrogens is 508 g/mol. The third kappa shape index (κ3) is 5.70. The fourth-order valence-corrected chi connectivity index (χ4v) is 8.34. The van der Waals surface area contributed by atoms with Gasteiger partial charge in [0.25, 0.3) is 0 Å². The van der Waals surface area contributed by atoms with Gasteiger partial charge in [-0.2, -0.15) is 0 Å². The van der Waals surface area contributed by atoms with Gasteiger partial charge in [-0.3, -0.25) is 4.79 Å². The molecule has 0 N–H and O–H groups in total. The maximum Gasteiger partial charge on any atom is 0.314 e. The minimum absolute atomic E-state index is 0.0268. The molecule has 2 aromatic carbocycles. The summed E-state index contributed by atoms with van der Waals surface area (Å²) in [6.45, 7) is 18.6. The van der Waals surface area contributed by atoms with Gasteiger partial charge in [0.2, 0.25) is 0 Å². The van der Waals surface area contributed by atoms with Gasteiger partial charge in [0.15, 0.2) is 6.79 Å². The number of esters is 1. The molecule has 3 aliphatic carbocycles. The molecule has 0 saturated heterocycles. The van der Waals surface area contributed by atoms with Crippen molar-refractivity contribution in [1.29, 1.82) is 0 Å². The van der Waals surface area contributed by atoms with E-state index in [9.17, 15) is 4.79 Å². The molecule has 224 valence electrons. The number of fused-ring (bicyclic) bond motifs is 3. The van der Waals surface area contributed by atoms with Crippen LogP contribution in [-0.4, -0.2) is 18.9 Å². The highest BCUT2D eigenvalue weighted by Gasteiger charge is 2.39. The lowest BCUT2D eigenvalue weighted by Gasteiger charge is -2.39. The van der Waals surface area contributed by atoms with Crippen molar-refractivity contribution in [2.24, 2.45) is 41.4 Å². The number of carbonyl (C=O) groups is 1. The molecule has 0 radical (unpaired) electrons. The first kappa shape index (κ1) is 30.1. The van der Waals surface area contributed by atoms with Crippen LogP contribution in [0.4, 0.5) is 0 Å². The van der Waals surface area contributed by atoms with Gasteiger partial charge in [-0.05, 0) is 108 Å². The summed E-state index contributed by atoms with van der Waals surface area (Å²) in [6.07, 6.45) is 7.10. The first-order valence-electron chi connectivity index (χ1n) is 16.3. The van der Waals surface area contributed by atoms with Gasteiger partial charge in [-0.15, -0.1) is 0 Å². The maximum atomic E-state index is 13.3. The van der Waals surface area contributed by atoms with Crippen molar-refractivity contribution in [3.63, 3.8) is 0 Å². The van der Waals surface area contributed by atoms with Crippen LogP contribution in [0.25, 0.3) is 11.1 Å². The number of benzene rings is 2. The van der Waals surface area contributed by atoms with Crippen LogP contribution in [-0.2, 0) is 14.9 Å². The van der Waals surface area contributed by atoms with Crippen molar-refractivity contribution in [2.45, 2.75) is 105 Å². The molecule has 5 rings (SSSR count). The van der Waals surface area contributed by atoms with Crippen molar-refractivity contribution in [3.8, 4) is 22.6 Å². The number of carbonyl (C=O) groups excluding carboxylic acids is 1. The molecular formula is C37H52O4. The highest BCUT2D eigenvalue weighted by Crippen LogP contribution is 2.51. The zero-order valence-electron chi connectivity index (χ0n) is 26.7. The maximum absolute atomic E-state index is 13.3. The summed E-state index contributed by atoms with van der Waals surface area (Å²) >= 11 is 0. The molecule has 0 amide bonds. The van der Waals surface area contributed by atoms with E-state index < -0.39 is 0 Å². The minimum Gasteiger partial charge on any atom is -0.468 e. The van der Waals surface area contributed by atoms with Crippen molar-refractivity contribution >= 4 is 5.97 Å². The van der Waals surface area contributed by atoms with E-state index >= 15 is 0 Å². The Labute approximate surface area is 248 Å². The third-order valence-corrected chi connectivity index (χ3v) is 11.7. The summed E-state index contributed by atoms with van der Waals surface area (Å²) in [7, 11) is 0. The number of ether oxygens (including phenoxy) is 3. The summed E-state index contributed by atoms with van der Waals surface area (Å²) in [6, 6.07) is 12.5. The van der Waals surface area contributed by atoms with Crippen LogP contribution in [0.3, 0.4) is 0 Å². The van der Waals surface area contributed by atoms with Gasteiger partial charge in [0.05, 0.1) is 12.0 Å². The topological polar surface area (TPSA) is 44.8 Å². The molecule has 0 aliphatic heterocycles. The van der Waals surface area contributed by atoms with E-state index in [2.05, 4.69) is 85.7 Å². The molecule has 2 fully saturated rings. The SMILES string of the molecule is CCC1CCC(OCOc2ccc3c(c2)C(C)(C)c2cc(OC(=O)C4CCC(CC)C(C)C4C)ccc2-3)C(C)C1C. The highest BCUT2D eigenvalue weighted by molar-refractivity contribution is 5.83. The van der Waals surface area contributed by atoms with Crippen LogP contribution in [0.2, 0.25) is 0 Å². The first-order chi connectivity index (χ1) is 19.6. The second-order valence-corrected chi connectivity index (χ2v) is 14.0. The van der Waals surface area contributed by atoms with Gasteiger partial charge in [0, 0.05) is 5.41 Å². The van der Waals surface area contributed by atoms with Gasteiger partial charge in [-0.1, -0.05) is 80.4 Å². The Morgan fingerprint density at radius 3 is 1.95 bits per heavy atom. The van der Waals surface area contributed by atoms with Crippen LogP contribution < -0.4 is 9.47 Å². The van der Waals surface area contributed by atoms with E-state index in [1.807, 2.05) is 6.07 Å². The molecule has 3 aliphatic rings. The van der Waals surface area contributed by atoms with Crippen molar-refractivity contribution in [2.75, 3.05) is 6.79 Å². The monoisotopic (exact) mass is 560 g/mol. The molecule has 2 aromatic rings. The van der Waals surface area contributed by atoms with Crippen molar-refractivity contribution in [3.05, 3.63) is 47.5 Å². The fourth-order valence-electron chi connectivity index (χ4n) is 8.34. The van der Waals surface area contributed by atoms with E-state index in [4.69, 9.17) is 14.2 Å². The van der Waals surface area contributed by atoms with E-state index in [1.54, 1.807) is 0 Å². The van der Waals surface area contributed by atoms with Crippen LogP contribution in [0, 0.1) is 41.4 Å². The molecule has 0 heterocycles. The predicted molar refractivity (Wildman–Crippen MR) is 166 cm³/mol. The van der Waals surface area contributed by atoms with Crippen LogP contribution in [0.5, 0.6) is 11.5 Å². The summed E-state index contributed by atoms with van der Waals surface area (Å²) in [5.41, 5.74) is 4.62. The Bertz CT molecular complexity index is 1230. The lowest BCUT2D eigenvalue weighted by molar-refractivity contribution is -0.143. The molecule has 0 bridgehead atoms. The Morgan fingerprint density at radius 1 is 0.756 bits per heavy atom. The average molecular weight is 561 g/mol. The zero-order chi connectivity index (χ0) is 29.5. The third-order valence-electron chi connectivity index (χ3n) is 11.7. The molecule has 8 unspecified atom stereocenters. The molecule has 4 nitrogen and oxygen atoms in total. The van der Waals surface area contributed by atoms with E-state index in [-0.39, 0.29) is 30.2 Å². The quantitative estimate of drug-likeness (QED) is 0.183. The normalized spacial score (nSPS) is 32.2. The second kappa shape index (κ2) is 12.1. The summed E-state index contributed by atoms with van der Waals surface area (Å²) in [5.74, 6) is 5.03. The smallest absolute Gasteiger partial charge is 0.314 e. The minimum atomic E-state index is -0.225. The second-order valence-electron chi connectivity index (χ2n) is 14.0. The van der Waals surface area contributed by atoms with Gasteiger partial charge in [-0.25, -0.2) is 0 Å².